The van der Waals surface area contributed by atoms with Gasteiger partial charge in [0.2, 0.25) is 6.41 Å². The fourth-order valence-electron chi connectivity index (χ4n) is 2.05. The molecule has 90 valence electrons. The van der Waals surface area contributed by atoms with Gasteiger partial charge >= 0.3 is 0 Å². The van der Waals surface area contributed by atoms with Crippen LogP contribution in [-0.4, -0.2) is 32.8 Å². The predicted molar refractivity (Wildman–Crippen MR) is 65.4 cm³/mol. The van der Waals surface area contributed by atoms with Gasteiger partial charge in [-0.15, -0.1) is 0 Å². The molecule has 1 aliphatic rings. The van der Waals surface area contributed by atoms with E-state index in [-0.39, 0.29) is 0 Å². The zero-order chi connectivity index (χ0) is 12.4. The molecule has 0 N–H and O–H groups in total. The molecule has 1 amide bonds. The number of pyridine rings is 1. The van der Waals surface area contributed by atoms with Gasteiger partial charge in [0.05, 0.1) is 5.69 Å². The van der Waals surface area contributed by atoms with Gasteiger partial charge < -0.3 is 4.90 Å². The van der Waals surface area contributed by atoms with Crippen molar-refractivity contribution in [2.24, 2.45) is 0 Å². The van der Waals surface area contributed by atoms with Gasteiger partial charge in [0, 0.05) is 37.5 Å². The van der Waals surface area contributed by atoms with Crippen LogP contribution in [0.3, 0.4) is 0 Å². The molecular formula is C13H12N4O. The maximum absolute atomic E-state index is 10.7. The molecule has 0 spiro atoms. The predicted octanol–water partition coefficient (Wildman–Crippen LogP) is 1.05. The van der Waals surface area contributed by atoms with Crippen LogP contribution in [0.4, 0.5) is 0 Å². The first-order valence-electron chi connectivity index (χ1n) is 5.82. The highest BCUT2D eigenvalue weighted by Crippen LogP contribution is 2.18. The third-order valence-electron chi connectivity index (χ3n) is 3.01. The lowest BCUT2D eigenvalue weighted by molar-refractivity contribution is -0.118. The van der Waals surface area contributed by atoms with E-state index in [1.807, 2.05) is 18.2 Å². The van der Waals surface area contributed by atoms with Crippen molar-refractivity contribution in [2.75, 3.05) is 6.54 Å². The summed E-state index contributed by atoms with van der Waals surface area (Å²) in [7, 11) is 0. The van der Waals surface area contributed by atoms with Gasteiger partial charge in [-0.3, -0.25) is 9.78 Å². The molecule has 2 aromatic heterocycles. The van der Waals surface area contributed by atoms with Crippen LogP contribution in [0.2, 0.25) is 0 Å². The Kier molecular flexibility index (Phi) is 2.72. The Morgan fingerprint density at radius 3 is 3.00 bits per heavy atom. The third kappa shape index (κ3) is 1.95. The topological polar surface area (TPSA) is 59.0 Å². The summed E-state index contributed by atoms with van der Waals surface area (Å²) in [4.78, 5) is 25.5. The number of amides is 1. The Bertz CT molecular complexity index is 570. The van der Waals surface area contributed by atoms with Crippen molar-refractivity contribution in [3.8, 4) is 11.5 Å². The minimum atomic E-state index is 0.599. The Hall–Kier alpha value is -2.30. The minimum absolute atomic E-state index is 0.599. The minimum Gasteiger partial charge on any atom is -0.340 e. The van der Waals surface area contributed by atoms with Gasteiger partial charge in [-0.1, -0.05) is 6.07 Å². The molecular weight excluding hydrogens is 228 g/mol. The van der Waals surface area contributed by atoms with Crippen LogP contribution in [0.5, 0.6) is 0 Å². The average molecular weight is 240 g/mol. The number of nitrogens with zero attached hydrogens (tertiary/aromatic N) is 4. The van der Waals surface area contributed by atoms with Crippen LogP contribution in [0.1, 0.15) is 11.3 Å². The number of carbonyl (C=O) groups is 1. The van der Waals surface area contributed by atoms with Gasteiger partial charge in [-0.25, -0.2) is 9.97 Å². The molecule has 5 heteroatoms. The number of aromatic nitrogens is 3. The standard InChI is InChI=1S/C13H12N4O/c18-9-17-6-4-11-10(8-17)7-15-13(16-11)12-3-1-2-5-14-12/h1-3,5,7,9H,4,6,8H2. The molecule has 0 atom stereocenters. The van der Waals surface area contributed by atoms with E-state index in [0.29, 0.717) is 12.4 Å². The molecule has 0 saturated carbocycles. The number of hydrogen-bond donors (Lipinski definition) is 0. The van der Waals surface area contributed by atoms with Gasteiger partial charge in [0.1, 0.15) is 5.69 Å². The van der Waals surface area contributed by atoms with Crippen LogP contribution < -0.4 is 0 Å². The van der Waals surface area contributed by atoms with Crippen molar-refractivity contribution in [1.82, 2.24) is 19.9 Å². The molecule has 18 heavy (non-hydrogen) atoms. The summed E-state index contributed by atoms with van der Waals surface area (Å²) in [5, 5.41) is 0. The fraction of sp³-hybridized carbons (Fsp3) is 0.231. The highest BCUT2D eigenvalue weighted by atomic mass is 16.1. The lowest BCUT2D eigenvalue weighted by Crippen LogP contribution is -2.30. The molecule has 0 saturated heterocycles. The summed E-state index contributed by atoms with van der Waals surface area (Å²) in [5.74, 6) is 0.647. The van der Waals surface area contributed by atoms with Gasteiger partial charge in [0.25, 0.3) is 0 Å². The Morgan fingerprint density at radius 1 is 1.28 bits per heavy atom. The summed E-state index contributed by atoms with van der Waals surface area (Å²) >= 11 is 0. The summed E-state index contributed by atoms with van der Waals surface area (Å²) in [6.07, 6.45) is 5.17. The Labute approximate surface area is 105 Å². The van der Waals surface area contributed by atoms with Crippen LogP contribution in [0.15, 0.2) is 30.6 Å². The van der Waals surface area contributed by atoms with Crippen molar-refractivity contribution in [1.29, 1.82) is 0 Å². The Morgan fingerprint density at radius 2 is 2.22 bits per heavy atom. The van der Waals surface area contributed by atoms with Crippen molar-refractivity contribution >= 4 is 6.41 Å². The zero-order valence-corrected chi connectivity index (χ0v) is 9.78. The Balaban J connectivity index is 1.95. The molecule has 0 aromatic carbocycles. The number of rotatable bonds is 2. The second-order valence-corrected chi connectivity index (χ2v) is 4.21. The lowest BCUT2D eigenvalue weighted by Gasteiger charge is -2.24. The van der Waals surface area contributed by atoms with Crippen LogP contribution >= 0.6 is 0 Å². The second-order valence-electron chi connectivity index (χ2n) is 4.21. The highest BCUT2D eigenvalue weighted by Gasteiger charge is 2.17. The zero-order valence-electron chi connectivity index (χ0n) is 9.78. The van der Waals surface area contributed by atoms with E-state index >= 15 is 0 Å². The third-order valence-corrected chi connectivity index (χ3v) is 3.01. The molecule has 0 aliphatic carbocycles. The molecule has 0 unspecified atom stereocenters. The average Bonchev–Trinajstić information content (AvgIpc) is 2.47. The molecule has 2 aromatic rings. The molecule has 5 nitrogen and oxygen atoms in total. The van der Waals surface area contributed by atoms with Crippen molar-refractivity contribution in [2.45, 2.75) is 13.0 Å². The van der Waals surface area contributed by atoms with Gasteiger partial charge in [-0.05, 0) is 12.1 Å². The fourth-order valence-corrected chi connectivity index (χ4v) is 2.05. The largest absolute Gasteiger partial charge is 0.340 e. The molecule has 3 rings (SSSR count). The summed E-state index contributed by atoms with van der Waals surface area (Å²) < 4.78 is 0. The molecule has 0 bridgehead atoms. The molecule has 0 fully saturated rings. The molecule has 0 radical (unpaired) electrons. The summed E-state index contributed by atoms with van der Waals surface area (Å²) in [6, 6.07) is 5.67. The normalized spacial score (nSPS) is 14.1. The number of carbonyl (C=O) groups excluding carboxylic acids is 1. The van der Waals surface area contributed by atoms with Gasteiger partial charge in [-0.2, -0.15) is 0 Å². The van der Waals surface area contributed by atoms with E-state index in [9.17, 15) is 4.79 Å². The van der Waals surface area contributed by atoms with E-state index in [1.54, 1.807) is 17.3 Å². The quantitative estimate of drug-likeness (QED) is 0.736. The van der Waals surface area contributed by atoms with E-state index < -0.39 is 0 Å². The van der Waals surface area contributed by atoms with E-state index in [2.05, 4.69) is 15.0 Å². The summed E-state index contributed by atoms with van der Waals surface area (Å²) in [6.45, 7) is 1.32. The monoisotopic (exact) mass is 240 g/mol. The summed E-state index contributed by atoms with van der Waals surface area (Å²) in [5.41, 5.74) is 2.81. The van der Waals surface area contributed by atoms with E-state index in [1.165, 1.54) is 0 Å². The van der Waals surface area contributed by atoms with E-state index in [4.69, 9.17) is 0 Å². The lowest BCUT2D eigenvalue weighted by atomic mass is 10.1. The SMILES string of the molecule is O=CN1CCc2nc(-c3ccccn3)ncc2C1. The molecule has 3 heterocycles. The smallest absolute Gasteiger partial charge is 0.210 e. The van der Waals surface area contributed by atoms with Crippen molar-refractivity contribution < 1.29 is 4.79 Å². The van der Waals surface area contributed by atoms with Crippen molar-refractivity contribution in [3.63, 3.8) is 0 Å². The first kappa shape index (κ1) is 10.8. The van der Waals surface area contributed by atoms with Crippen molar-refractivity contribution in [3.05, 3.63) is 41.9 Å². The first-order valence-corrected chi connectivity index (χ1v) is 5.82. The number of fused-ring (bicyclic) bond motifs is 1. The number of hydrogen-bond acceptors (Lipinski definition) is 4. The van der Waals surface area contributed by atoms with E-state index in [0.717, 1.165) is 36.3 Å². The van der Waals surface area contributed by atoms with Crippen LogP contribution in [-0.2, 0) is 17.8 Å². The van der Waals surface area contributed by atoms with Crippen LogP contribution in [0.25, 0.3) is 11.5 Å². The van der Waals surface area contributed by atoms with Crippen LogP contribution in [0, 0.1) is 0 Å². The van der Waals surface area contributed by atoms with Gasteiger partial charge in [0.15, 0.2) is 5.82 Å². The molecule has 1 aliphatic heterocycles. The second kappa shape index (κ2) is 4.52. The first-order chi connectivity index (χ1) is 8.86. The maximum atomic E-state index is 10.7. The maximum Gasteiger partial charge on any atom is 0.210 e. The highest BCUT2D eigenvalue weighted by molar-refractivity contribution is 5.51.